The Morgan fingerprint density at radius 3 is 2.52 bits per heavy atom. The molecule has 0 aliphatic carbocycles. The topological polar surface area (TPSA) is 98.4 Å². The number of rotatable bonds is 6. The van der Waals surface area contributed by atoms with Crippen molar-refractivity contribution < 1.29 is 9.53 Å². The average molecular weight is 414 g/mol. The fourth-order valence-corrected chi connectivity index (χ4v) is 3.25. The summed E-state index contributed by atoms with van der Waals surface area (Å²) in [4.78, 5) is 18.7. The number of nitrogens with two attached hydrogens (primary N) is 1. The number of aromatic amines is 1. The van der Waals surface area contributed by atoms with E-state index >= 15 is 0 Å². The Morgan fingerprint density at radius 1 is 1.17 bits per heavy atom. The van der Waals surface area contributed by atoms with Crippen molar-refractivity contribution in [3.05, 3.63) is 64.3 Å². The van der Waals surface area contributed by atoms with Gasteiger partial charge in [-0.1, -0.05) is 35.9 Å². The van der Waals surface area contributed by atoms with Crippen LogP contribution in [-0.2, 0) is 13.2 Å². The van der Waals surface area contributed by atoms with E-state index in [1.165, 1.54) is 12.6 Å². The molecule has 0 bridgehead atoms. The molecule has 8 heteroatoms. The Bertz CT molecular complexity index is 1060. The maximum atomic E-state index is 12.5. The summed E-state index contributed by atoms with van der Waals surface area (Å²) >= 11 is 6.32. The van der Waals surface area contributed by atoms with Gasteiger partial charge < -0.3 is 20.4 Å². The van der Waals surface area contributed by atoms with E-state index in [1.807, 2.05) is 32.3 Å². The number of hydrogen-bond donors (Lipinski definition) is 3. The van der Waals surface area contributed by atoms with Crippen LogP contribution in [-0.4, -0.2) is 47.8 Å². The number of amides is 1. The zero-order chi connectivity index (χ0) is 21.1. The molecule has 0 unspecified atom stereocenters. The van der Waals surface area contributed by atoms with E-state index in [9.17, 15) is 4.79 Å². The molecule has 0 spiro atoms. The van der Waals surface area contributed by atoms with Gasteiger partial charge in [0.05, 0.1) is 10.5 Å². The van der Waals surface area contributed by atoms with Gasteiger partial charge in [0.25, 0.3) is 5.91 Å². The third kappa shape index (κ3) is 4.52. The third-order valence-corrected chi connectivity index (χ3v) is 4.92. The van der Waals surface area contributed by atoms with Crippen molar-refractivity contribution in [2.45, 2.75) is 13.2 Å². The fourth-order valence-electron chi connectivity index (χ4n) is 3.03. The van der Waals surface area contributed by atoms with E-state index in [4.69, 9.17) is 27.5 Å². The van der Waals surface area contributed by atoms with Gasteiger partial charge in [-0.05, 0) is 43.4 Å². The van der Waals surface area contributed by atoms with Crippen molar-refractivity contribution in [3.8, 4) is 5.75 Å². The predicted molar refractivity (Wildman–Crippen MR) is 115 cm³/mol. The lowest BCUT2D eigenvalue weighted by molar-refractivity contribution is 0.0864. The molecule has 3 aromatic rings. The van der Waals surface area contributed by atoms with E-state index < -0.39 is 5.91 Å². The van der Waals surface area contributed by atoms with E-state index in [0.29, 0.717) is 28.3 Å². The van der Waals surface area contributed by atoms with Crippen molar-refractivity contribution in [1.29, 1.82) is 5.41 Å². The van der Waals surface area contributed by atoms with Crippen molar-refractivity contribution in [2.75, 3.05) is 21.1 Å². The average Bonchev–Trinajstić information content (AvgIpc) is 3.13. The highest BCUT2D eigenvalue weighted by molar-refractivity contribution is 6.35. The first-order chi connectivity index (χ1) is 13.8. The number of halogens is 1. The summed E-state index contributed by atoms with van der Waals surface area (Å²) in [5.41, 5.74) is 8.59. The highest BCUT2D eigenvalue weighted by atomic mass is 35.5. The quantitative estimate of drug-likeness (QED) is 0.426. The van der Waals surface area contributed by atoms with Crippen molar-refractivity contribution in [1.82, 2.24) is 14.8 Å². The molecule has 0 radical (unpaired) electrons. The number of carbonyl (C=O) groups excluding carboxylic acids is 1. The third-order valence-electron chi connectivity index (χ3n) is 4.59. The summed E-state index contributed by atoms with van der Waals surface area (Å²) < 4.78 is 6.08. The van der Waals surface area contributed by atoms with Gasteiger partial charge in [-0.2, -0.15) is 0 Å². The van der Waals surface area contributed by atoms with Gasteiger partial charge in [0.1, 0.15) is 18.1 Å². The van der Waals surface area contributed by atoms with E-state index in [-0.39, 0.29) is 11.7 Å². The number of carbonyl (C=O) groups is 1. The molecular formula is C21H24ClN5O2. The van der Waals surface area contributed by atoms with Gasteiger partial charge in [0.2, 0.25) is 0 Å². The van der Waals surface area contributed by atoms with Crippen LogP contribution in [0.1, 0.15) is 21.6 Å². The zero-order valence-electron chi connectivity index (χ0n) is 16.6. The fraction of sp³-hybridized carbons (Fsp3) is 0.238. The standard InChI is InChI=1S/C21H24ClN5O2/c1-26(2)11-13-6-4-5-7-14(13)12-29-18-9-8-16(22)15-10-17(25-19(15)18)20(28)27(3)21(23)24/h4-10,25H,11-12H2,1-3H3,(H3,23,24). The van der Waals surface area contributed by atoms with Crippen LogP contribution in [0.5, 0.6) is 5.75 Å². The largest absolute Gasteiger partial charge is 0.487 e. The molecule has 2 aromatic carbocycles. The summed E-state index contributed by atoms with van der Waals surface area (Å²) in [7, 11) is 5.49. The Hall–Kier alpha value is -3.03. The Morgan fingerprint density at radius 2 is 1.86 bits per heavy atom. The maximum Gasteiger partial charge on any atom is 0.276 e. The minimum atomic E-state index is -0.424. The molecule has 1 aromatic heterocycles. The molecule has 0 saturated heterocycles. The van der Waals surface area contributed by atoms with Crippen LogP contribution in [0.25, 0.3) is 10.9 Å². The smallest absolute Gasteiger partial charge is 0.276 e. The lowest BCUT2D eigenvalue weighted by Gasteiger charge is -2.15. The molecular weight excluding hydrogens is 390 g/mol. The van der Waals surface area contributed by atoms with Crippen LogP contribution < -0.4 is 10.5 Å². The Labute approximate surface area is 174 Å². The number of nitrogens with zero attached hydrogens (tertiary/aromatic N) is 2. The molecule has 1 amide bonds. The molecule has 0 atom stereocenters. The van der Waals surface area contributed by atoms with E-state index in [2.05, 4.69) is 16.0 Å². The molecule has 1 heterocycles. The molecule has 0 saturated carbocycles. The number of aromatic nitrogens is 1. The van der Waals surface area contributed by atoms with Gasteiger partial charge in [-0.25, -0.2) is 0 Å². The van der Waals surface area contributed by atoms with Gasteiger partial charge in [-0.3, -0.25) is 15.1 Å². The second-order valence-corrected chi connectivity index (χ2v) is 7.47. The normalized spacial score (nSPS) is 11.1. The molecule has 152 valence electrons. The van der Waals surface area contributed by atoms with Gasteiger partial charge in [0, 0.05) is 19.0 Å². The highest BCUT2D eigenvalue weighted by Crippen LogP contribution is 2.32. The van der Waals surface area contributed by atoms with Crippen LogP contribution in [0.3, 0.4) is 0 Å². The SMILES string of the molecule is CN(C)Cc1ccccc1COc1ccc(Cl)c2cc(C(=O)N(C)C(=N)N)[nH]c12. The Kier molecular flexibility index (Phi) is 6.10. The number of H-pyrrole nitrogens is 1. The van der Waals surface area contributed by atoms with Crippen LogP contribution >= 0.6 is 11.6 Å². The van der Waals surface area contributed by atoms with E-state index in [1.54, 1.807) is 18.2 Å². The first-order valence-corrected chi connectivity index (χ1v) is 9.43. The second-order valence-electron chi connectivity index (χ2n) is 7.06. The molecule has 0 aliphatic rings. The molecule has 0 aliphatic heterocycles. The summed E-state index contributed by atoms with van der Waals surface area (Å²) in [5.74, 6) is -0.172. The summed E-state index contributed by atoms with van der Waals surface area (Å²) in [6.45, 7) is 1.20. The van der Waals surface area contributed by atoms with Gasteiger partial charge in [0.15, 0.2) is 5.96 Å². The first-order valence-electron chi connectivity index (χ1n) is 9.05. The van der Waals surface area contributed by atoms with Gasteiger partial charge in [-0.15, -0.1) is 0 Å². The highest BCUT2D eigenvalue weighted by Gasteiger charge is 2.19. The van der Waals surface area contributed by atoms with Crippen LogP contribution in [0.15, 0.2) is 42.5 Å². The number of fused-ring (bicyclic) bond motifs is 1. The van der Waals surface area contributed by atoms with E-state index in [0.717, 1.165) is 17.0 Å². The minimum absolute atomic E-state index is 0.281. The molecule has 7 nitrogen and oxygen atoms in total. The molecule has 0 fully saturated rings. The van der Waals surface area contributed by atoms with Crippen molar-refractivity contribution in [3.63, 3.8) is 0 Å². The van der Waals surface area contributed by atoms with Crippen LogP contribution in [0, 0.1) is 5.41 Å². The number of ether oxygens (including phenoxy) is 1. The van der Waals surface area contributed by atoms with Crippen LogP contribution in [0.2, 0.25) is 5.02 Å². The van der Waals surface area contributed by atoms with Crippen molar-refractivity contribution >= 4 is 34.4 Å². The monoisotopic (exact) mass is 413 g/mol. The second kappa shape index (κ2) is 8.55. The maximum absolute atomic E-state index is 12.5. The lowest BCUT2D eigenvalue weighted by Crippen LogP contribution is -2.38. The molecule has 29 heavy (non-hydrogen) atoms. The van der Waals surface area contributed by atoms with Crippen LogP contribution in [0.4, 0.5) is 0 Å². The summed E-state index contributed by atoms with van der Waals surface area (Å²) in [6.07, 6.45) is 0. The van der Waals surface area contributed by atoms with Crippen molar-refractivity contribution in [2.24, 2.45) is 5.73 Å². The number of guanidine groups is 1. The number of benzene rings is 2. The first kappa shape index (κ1) is 20.7. The number of nitrogens with one attached hydrogen (secondary N) is 2. The minimum Gasteiger partial charge on any atom is -0.487 e. The number of hydrogen-bond acceptors (Lipinski definition) is 4. The van der Waals surface area contributed by atoms with Gasteiger partial charge >= 0.3 is 0 Å². The Balaban J connectivity index is 1.90. The molecule has 4 N–H and O–H groups in total. The summed E-state index contributed by atoms with van der Waals surface area (Å²) in [6, 6.07) is 13.3. The zero-order valence-corrected chi connectivity index (χ0v) is 17.4. The summed E-state index contributed by atoms with van der Waals surface area (Å²) in [5, 5.41) is 8.62. The molecule has 3 rings (SSSR count). The lowest BCUT2D eigenvalue weighted by atomic mass is 10.1. The predicted octanol–water partition coefficient (Wildman–Crippen LogP) is 3.43.